The van der Waals surface area contributed by atoms with E-state index in [1.165, 1.54) is 173 Å². The fraction of sp³-hybridized carbons (Fsp3) is 0.892. The molecular formula is C37H72O. The van der Waals surface area contributed by atoms with Gasteiger partial charge in [0.05, 0.1) is 6.10 Å². The monoisotopic (exact) mass is 533 g/mol. The summed E-state index contributed by atoms with van der Waals surface area (Å²) in [4.78, 5) is 0. The molecule has 0 spiro atoms. The van der Waals surface area contributed by atoms with E-state index in [-0.39, 0.29) is 6.10 Å². The molecule has 0 saturated carbocycles. The van der Waals surface area contributed by atoms with Crippen LogP contribution in [0.2, 0.25) is 0 Å². The van der Waals surface area contributed by atoms with Crippen LogP contribution in [-0.2, 0) is 0 Å². The van der Waals surface area contributed by atoms with Crippen molar-refractivity contribution in [3.63, 3.8) is 0 Å². The fourth-order valence-corrected chi connectivity index (χ4v) is 5.44. The summed E-state index contributed by atoms with van der Waals surface area (Å²) in [5.74, 6) is 0. The third-order valence-corrected chi connectivity index (χ3v) is 8.13. The standard InChI is InChI=1S/C37H72O/c1-3-5-7-9-11-13-15-17-19-21-23-25-27-29-31-33-35-37(38)36-34-32-30-28-26-24-22-20-18-16-14-12-10-8-6-4-2/h11,13,17,19,37-38H,3-10,12,14-16,18,20-36H2,1-2H3. The van der Waals surface area contributed by atoms with Crippen molar-refractivity contribution < 1.29 is 5.11 Å². The first-order chi connectivity index (χ1) is 18.8. The maximum atomic E-state index is 10.3. The zero-order valence-corrected chi connectivity index (χ0v) is 26.5. The Hall–Kier alpha value is -0.560. The molecule has 0 aromatic carbocycles. The molecule has 1 atom stereocenters. The van der Waals surface area contributed by atoms with E-state index in [9.17, 15) is 5.11 Å². The highest BCUT2D eigenvalue weighted by atomic mass is 16.3. The van der Waals surface area contributed by atoms with Gasteiger partial charge in [-0.3, -0.25) is 0 Å². The maximum Gasteiger partial charge on any atom is 0.0540 e. The average Bonchev–Trinajstić information content (AvgIpc) is 2.92. The summed E-state index contributed by atoms with van der Waals surface area (Å²) in [5, 5.41) is 10.3. The molecule has 0 aliphatic heterocycles. The van der Waals surface area contributed by atoms with Crippen LogP contribution >= 0.6 is 0 Å². The van der Waals surface area contributed by atoms with Gasteiger partial charge in [-0.25, -0.2) is 0 Å². The molecule has 0 radical (unpaired) electrons. The van der Waals surface area contributed by atoms with Gasteiger partial charge in [0, 0.05) is 0 Å². The van der Waals surface area contributed by atoms with Gasteiger partial charge in [-0.2, -0.15) is 0 Å². The normalized spacial score (nSPS) is 12.8. The molecular weight excluding hydrogens is 460 g/mol. The van der Waals surface area contributed by atoms with E-state index in [2.05, 4.69) is 38.2 Å². The van der Waals surface area contributed by atoms with Gasteiger partial charge in [-0.05, 0) is 44.9 Å². The zero-order valence-electron chi connectivity index (χ0n) is 26.5. The minimum Gasteiger partial charge on any atom is -0.393 e. The Morgan fingerprint density at radius 1 is 0.368 bits per heavy atom. The van der Waals surface area contributed by atoms with Crippen LogP contribution in [-0.4, -0.2) is 11.2 Å². The van der Waals surface area contributed by atoms with Gasteiger partial charge in [0.1, 0.15) is 0 Å². The topological polar surface area (TPSA) is 20.2 Å². The van der Waals surface area contributed by atoms with E-state index in [4.69, 9.17) is 0 Å². The largest absolute Gasteiger partial charge is 0.393 e. The quantitative estimate of drug-likeness (QED) is 0.0674. The fourth-order valence-electron chi connectivity index (χ4n) is 5.44. The second-order valence-electron chi connectivity index (χ2n) is 12.1. The molecule has 0 aliphatic carbocycles. The molecule has 226 valence electrons. The molecule has 0 rings (SSSR count). The van der Waals surface area contributed by atoms with Crippen molar-refractivity contribution in [2.45, 2.75) is 213 Å². The van der Waals surface area contributed by atoms with Crippen LogP contribution in [0, 0.1) is 0 Å². The predicted octanol–water partition coefficient (Wildman–Crippen LogP) is 13.2. The van der Waals surface area contributed by atoms with E-state index in [1.54, 1.807) is 0 Å². The van der Waals surface area contributed by atoms with Gasteiger partial charge >= 0.3 is 0 Å². The number of rotatable bonds is 32. The highest BCUT2D eigenvalue weighted by Gasteiger charge is 2.03. The summed E-state index contributed by atoms with van der Waals surface area (Å²) >= 11 is 0. The van der Waals surface area contributed by atoms with Gasteiger partial charge in [-0.1, -0.05) is 186 Å². The molecule has 38 heavy (non-hydrogen) atoms. The third kappa shape index (κ3) is 33.5. The first-order valence-corrected chi connectivity index (χ1v) is 17.8. The van der Waals surface area contributed by atoms with E-state index < -0.39 is 0 Å². The Kier molecular flexibility index (Phi) is 34.0. The van der Waals surface area contributed by atoms with E-state index in [0.717, 1.165) is 19.3 Å². The van der Waals surface area contributed by atoms with Crippen LogP contribution in [0.15, 0.2) is 24.3 Å². The van der Waals surface area contributed by atoms with Crippen molar-refractivity contribution in [3.8, 4) is 0 Å². The van der Waals surface area contributed by atoms with Crippen LogP contribution in [0.4, 0.5) is 0 Å². The Balaban J connectivity index is 3.21. The first-order valence-electron chi connectivity index (χ1n) is 17.8. The van der Waals surface area contributed by atoms with Gasteiger partial charge < -0.3 is 5.11 Å². The van der Waals surface area contributed by atoms with Gasteiger partial charge in [-0.15, -0.1) is 0 Å². The highest BCUT2D eigenvalue weighted by molar-refractivity contribution is 4.92. The van der Waals surface area contributed by atoms with Crippen LogP contribution in [0.5, 0.6) is 0 Å². The Morgan fingerprint density at radius 2 is 0.658 bits per heavy atom. The van der Waals surface area contributed by atoms with Crippen molar-refractivity contribution in [1.82, 2.24) is 0 Å². The lowest BCUT2D eigenvalue weighted by atomic mass is 10.0. The molecule has 0 aliphatic rings. The number of aliphatic hydroxyl groups excluding tert-OH is 1. The summed E-state index contributed by atoms with van der Waals surface area (Å²) in [6.45, 7) is 4.56. The molecule has 1 nitrogen and oxygen atoms in total. The smallest absolute Gasteiger partial charge is 0.0540 e. The van der Waals surface area contributed by atoms with E-state index >= 15 is 0 Å². The molecule has 0 bridgehead atoms. The molecule has 0 amide bonds. The SMILES string of the molecule is CCCCCC=CCC=CCCCCCCCCC(O)CCCCCCCCCCCCCCCCCC. The molecule has 0 heterocycles. The summed E-state index contributed by atoms with van der Waals surface area (Å²) < 4.78 is 0. The summed E-state index contributed by atoms with van der Waals surface area (Å²) in [6, 6.07) is 0. The predicted molar refractivity (Wildman–Crippen MR) is 174 cm³/mol. The minimum absolute atomic E-state index is 0.0486. The Morgan fingerprint density at radius 3 is 1.05 bits per heavy atom. The summed E-state index contributed by atoms with van der Waals surface area (Å²) in [7, 11) is 0. The van der Waals surface area contributed by atoms with Crippen molar-refractivity contribution in [3.05, 3.63) is 24.3 Å². The molecule has 0 fully saturated rings. The minimum atomic E-state index is -0.0486. The highest BCUT2D eigenvalue weighted by Crippen LogP contribution is 2.16. The number of allylic oxidation sites excluding steroid dienone is 4. The van der Waals surface area contributed by atoms with Crippen molar-refractivity contribution in [2.75, 3.05) is 0 Å². The molecule has 1 N–H and O–H groups in total. The molecule has 1 heteroatoms. The van der Waals surface area contributed by atoms with Crippen LogP contribution in [0.1, 0.15) is 206 Å². The number of unbranched alkanes of at least 4 members (excludes halogenated alkanes) is 24. The van der Waals surface area contributed by atoms with Crippen molar-refractivity contribution in [2.24, 2.45) is 0 Å². The second kappa shape index (κ2) is 34.5. The molecule has 0 aromatic heterocycles. The lowest BCUT2D eigenvalue weighted by molar-refractivity contribution is 0.147. The zero-order chi connectivity index (χ0) is 27.6. The summed E-state index contributed by atoms with van der Waals surface area (Å²) in [6.07, 6.45) is 49.5. The third-order valence-electron chi connectivity index (χ3n) is 8.13. The Bertz CT molecular complexity index is 465. The lowest BCUT2D eigenvalue weighted by Crippen LogP contribution is -2.05. The van der Waals surface area contributed by atoms with Crippen LogP contribution in [0.3, 0.4) is 0 Å². The number of hydrogen-bond acceptors (Lipinski definition) is 1. The molecule has 0 aromatic rings. The first kappa shape index (κ1) is 37.4. The van der Waals surface area contributed by atoms with E-state index in [1.807, 2.05) is 0 Å². The second-order valence-corrected chi connectivity index (χ2v) is 12.1. The Labute approximate surface area is 241 Å². The average molecular weight is 533 g/mol. The molecule has 1 unspecified atom stereocenters. The summed E-state index contributed by atoms with van der Waals surface area (Å²) in [5.41, 5.74) is 0. The van der Waals surface area contributed by atoms with Crippen LogP contribution < -0.4 is 0 Å². The van der Waals surface area contributed by atoms with Crippen LogP contribution in [0.25, 0.3) is 0 Å². The van der Waals surface area contributed by atoms with Gasteiger partial charge in [0.25, 0.3) is 0 Å². The van der Waals surface area contributed by atoms with Crippen molar-refractivity contribution in [1.29, 1.82) is 0 Å². The lowest BCUT2D eigenvalue weighted by Gasteiger charge is -2.10. The van der Waals surface area contributed by atoms with E-state index in [0.29, 0.717) is 0 Å². The number of aliphatic hydroxyl groups is 1. The molecule has 0 saturated heterocycles. The van der Waals surface area contributed by atoms with Gasteiger partial charge in [0.15, 0.2) is 0 Å². The van der Waals surface area contributed by atoms with Gasteiger partial charge in [0.2, 0.25) is 0 Å². The number of hydrogen-bond donors (Lipinski definition) is 1. The maximum absolute atomic E-state index is 10.3. The van der Waals surface area contributed by atoms with Crippen molar-refractivity contribution >= 4 is 0 Å².